The maximum Gasteiger partial charge on any atom is 0.0682 e. The van der Waals surface area contributed by atoms with Crippen LogP contribution >= 0.6 is 0 Å². The molecule has 0 saturated carbocycles. The Balaban J connectivity index is 2.27. The van der Waals surface area contributed by atoms with Crippen LogP contribution < -0.4 is 0 Å². The molecule has 0 aliphatic rings. The molecule has 2 aromatic rings. The Morgan fingerprint density at radius 2 is 2.06 bits per heavy atom. The van der Waals surface area contributed by atoms with Crippen LogP contribution in [0, 0.1) is 0 Å². The fourth-order valence-electron chi connectivity index (χ4n) is 1.59. The van der Waals surface area contributed by atoms with Crippen LogP contribution in [0.3, 0.4) is 0 Å². The van der Waals surface area contributed by atoms with Crippen LogP contribution in [0.4, 0.5) is 0 Å². The third-order valence-corrected chi connectivity index (χ3v) is 2.41. The van der Waals surface area contributed by atoms with Crippen LogP contribution in [-0.2, 0) is 13.2 Å². The highest BCUT2D eigenvalue weighted by Crippen LogP contribution is 2.19. The van der Waals surface area contributed by atoms with Gasteiger partial charge in [0.05, 0.1) is 26.0 Å². The van der Waals surface area contributed by atoms with E-state index >= 15 is 0 Å². The first-order valence-electron chi connectivity index (χ1n) is 5.17. The summed E-state index contributed by atoms with van der Waals surface area (Å²) >= 11 is 0. The number of hydrogen-bond acceptors (Lipinski definition) is 3. The van der Waals surface area contributed by atoms with Crippen molar-refractivity contribution < 1.29 is 10.2 Å². The SMILES string of the molecule is OCCn1cc(-c2cccc(CO)c2)cn1. The number of aromatic nitrogens is 2. The summed E-state index contributed by atoms with van der Waals surface area (Å²) in [6, 6.07) is 7.69. The van der Waals surface area contributed by atoms with E-state index in [9.17, 15) is 0 Å². The van der Waals surface area contributed by atoms with E-state index in [4.69, 9.17) is 10.2 Å². The van der Waals surface area contributed by atoms with Gasteiger partial charge in [-0.05, 0) is 17.2 Å². The number of hydrogen-bond donors (Lipinski definition) is 2. The number of nitrogens with zero attached hydrogens (tertiary/aromatic N) is 2. The van der Waals surface area contributed by atoms with E-state index in [-0.39, 0.29) is 13.2 Å². The lowest BCUT2D eigenvalue weighted by Gasteiger charge is -2.00. The molecule has 0 aliphatic carbocycles. The molecule has 0 bridgehead atoms. The van der Waals surface area contributed by atoms with Gasteiger partial charge in [0.1, 0.15) is 0 Å². The van der Waals surface area contributed by atoms with Crippen LogP contribution in [0.1, 0.15) is 5.56 Å². The minimum atomic E-state index is 0.0403. The Kier molecular flexibility index (Phi) is 3.34. The van der Waals surface area contributed by atoms with Gasteiger partial charge in [-0.3, -0.25) is 4.68 Å². The molecule has 4 heteroatoms. The molecule has 0 spiro atoms. The van der Waals surface area contributed by atoms with E-state index < -0.39 is 0 Å². The predicted octanol–water partition coefficient (Wildman–Crippen LogP) is 1.03. The van der Waals surface area contributed by atoms with Crippen molar-refractivity contribution in [3.05, 3.63) is 42.2 Å². The summed E-state index contributed by atoms with van der Waals surface area (Å²) in [6.45, 7) is 0.621. The van der Waals surface area contributed by atoms with E-state index in [0.717, 1.165) is 16.7 Å². The first-order valence-corrected chi connectivity index (χ1v) is 5.17. The van der Waals surface area contributed by atoms with Crippen molar-refractivity contribution in [3.63, 3.8) is 0 Å². The van der Waals surface area contributed by atoms with E-state index in [1.807, 2.05) is 30.5 Å². The molecule has 2 rings (SSSR count). The number of aliphatic hydroxyl groups excluding tert-OH is 2. The Morgan fingerprint density at radius 1 is 1.19 bits per heavy atom. The first kappa shape index (κ1) is 10.9. The second-order valence-electron chi connectivity index (χ2n) is 3.57. The molecule has 0 atom stereocenters. The van der Waals surface area contributed by atoms with Crippen LogP contribution in [-0.4, -0.2) is 26.6 Å². The average molecular weight is 218 g/mol. The first-order chi connectivity index (χ1) is 7.83. The highest BCUT2D eigenvalue weighted by atomic mass is 16.3. The van der Waals surface area contributed by atoms with Crippen LogP contribution in [0.2, 0.25) is 0 Å². The van der Waals surface area contributed by atoms with Crippen LogP contribution in [0.5, 0.6) is 0 Å². The molecule has 0 unspecified atom stereocenters. The van der Waals surface area contributed by atoms with Gasteiger partial charge >= 0.3 is 0 Å². The van der Waals surface area contributed by atoms with Crippen LogP contribution in [0.25, 0.3) is 11.1 Å². The molecular formula is C12H14N2O2. The van der Waals surface area contributed by atoms with Crippen molar-refractivity contribution in [2.45, 2.75) is 13.2 Å². The minimum Gasteiger partial charge on any atom is -0.394 e. The minimum absolute atomic E-state index is 0.0403. The molecule has 1 heterocycles. The molecular weight excluding hydrogens is 204 g/mol. The lowest BCUT2D eigenvalue weighted by Crippen LogP contribution is -2.01. The van der Waals surface area contributed by atoms with Gasteiger partial charge in [0.25, 0.3) is 0 Å². The lowest BCUT2D eigenvalue weighted by atomic mass is 10.1. The third-order valence-electron chi connectivity index (χ3n) is 2.41. The molecule has 84 valence electrons. The van der Waals surface area contributed by atoms with Gasteiger partial charge in [0.15, 0.2) is 0 Å². The Hall–Kier alpha value is -1.65. The van der Waals surface area contributed by atoms with Gasteiger partial charge in [-0.25, -0.2) is 0 Å². The third kappa shape index (κ3) is 2.29. The van der Waals surface area contributed by atoms with E-state index in [1.165, 1.54) is 0 Å². The average Bonchev–Trinajstić information content (AvgIpc) is 2.78. The fourth-order valence-corrected chi connectivity index (χ4v) is 1.59. The Labute approximate surface area is 93.8 Å². The van der Waals surface area contributed by atoms with Crippen LogP contribution in [0.15, 0.2) is 36.7 Å². The largest absolute Gasteiger partial charge is 0.394 e. The zero-order valence-electron chi connectivity index (χ0n) is 8.87. The summed E-state index contributed by atoms with van der Waals surface area (Å²) in [7, 11) is 0. The molecule has 0 fully saturated rings. The van der Waals surface area contributed by atoms with Crippen molar-refractivity contribution >= 4 is 0 Å². The molecule has 0 radical (unpaired) electrons. The molecule has 1 aromatic heterocycles. The quantitative estimate of drug-likeness (QED) is 0.806. The van der Waals surface area contributed by atoms with Crippen molar-refractivity contribution in [1.29, 1.82) is 0 Å². The molecule has 0 amide bonds. The molecule has 0 saturated heterocycles. The zero-order valence-corrected chi connectivity index (χ0v) is 8.87. The second kappa shape index (κ2) is 4.92. The van der Waals surface area contributed by atoms with Gasteiger partial charge in [0.2, 0.25) is 0 Å². The fraction of sp³-hybridized carbons (Fsp3) is 0.250. The standard InChI is InChI=1S/C12H14N2O2/c15-5-4-14-8-12(7-13-14)11-3-1-2-10(6-11)9-16/h1-3,6-8,15-16H,4-5,9H2. The summed E-state index contributed by atoms with van der Waals surface area (Å²) in [5.41, 5.74) is 2.90. The second-order valence-corrected chi connectivity index (χ2v) is 3.57. The molecule has 1 aromatic carbocycles. The van der Waals surface area contributed by atoms with Gasteiger partial charge in [-0.1, -0.05) is 18.2 Å². The topological polar surface area (TPSA) is 58.3 Å². The van der Waals surface area contributed by atoms with Crippen molar-refractivity contribution in [2.75, 3.05) is 6.61 Å². The van der Waals surface area contributed by atoms with E-state index in [1.54, 1.807) is 10.9 Å². The van der Waals surface area contributed by atoms with Crippen molar-refractivity contribution in [1.82, 2.24) is 9.78 Å². The summed E-state index contributed by atoms with van der Waals surface area (Å²) in [6.07, 6.45) is 3.64. The molecule has 16 heavy (non-hydrogen) atoms. The summed E-state index contributed by atoms with van der Waals surface area (Å²) < 4.78 is 1.70. The molecule has 0 aliphatic heterocycles. The smallest absolute Gasteiger partial charge is 0.0682 e. The van der Waals surface area contributed by atoms with E-state index in [2.05, 4.69) is 5.10 Å². The zero-order chi connectivity index (χ0) is 11.4. The normalized spacial score (nSPS) is 10.6. The summed E-state index contributed by atoms with van der Waals surface area (Å²) in [4.78, 5) is 0. The molecule has 2 N–H and O–H groups in total. The summed E-state index contributed by atoms with van der Waals surface area (Å²) in [5.74, 6) is 0. The number of aliphatic hydroxyl groups is 2. The monoisotopic (exact) mass is 218 g/mol. The lowest BCUT2D eigenvalue weighted by molar-refractivity contribution is 0.269. The highest BCUT2D eigenvalue weighted by Gasteiger charge is 2.02. The van der Waals surface area contributed by atoms with Gasteiger partial charge in [-0.2, -0.15) is 5.10 Å². The molecule has 4 nitrogen and oxygen atoms in total. The summed E-state index contributed by atoms with van der Waals surface area (Å²) in [5, 5.41) is 22.0. The maximum absolute atomic E-state index is 9.04. The van der Waals surface area contributed by atoms with Gasteiger partial charge < -0.3 is 10.2 Å². The van der Waals surface area contributed by atoms with Gasteiger partial charge in [-0.15, -0.1) is 0 Å². The number of rotatable bonds is 4. The highest BCUT2D eigenvalue weighted by molar-refractivity contribution is 5.62. The Bertz CT molecular complexity index is 466. The van der Waals surface area contributed by atoms with E-state index in [0.29, 0.717) is 6.54 Å². The maximum atomic E-state index is 9.04. The van der Waals surface area contributed by atoms with Crippen molar-refractivity contribution in [3.8, 4) is 11.1 Å². The van der Waals surface area contributed by atoms with Gasteiger partial charge in [0, 0.05) is 11.8 Å². The predicted molar refractivity (Wildman–Crippen MR) is 60.7 cm³/mol. The number of benzene rings is 1. The van der Waals surface area contributed by atoms with Crippen molar-refractivity contribution in [2.24, 2.45) is 0 Å². The Morgan fingerprint density at radius 3 is 2.81 bits per heavy atom.